The summed E-state index contributed by atoms with van der Waals surface area (Å²) in [7, 11) is 0. The van der Waals surface area contributed by atoms with E-state index in [1.165, 1.54) is 0 Å². The minimum absolute atomic E-state index is 0.278. The van der Waals surface area contributed by atoms with Crippen molar-refractivity contribution in [3.05, 3.63) is 95.7 Å². The van der Waals surface area contributed by atoms with Gasteiger partial charge >= 0.3 is 0 Å². The quantitative estimate of drug-likeness (QED) is 0.416. The summed E-state index contributed by atoms with van der Waals surface area (Å²) in [5.41, 5.74) is 5.15. The number of hydrogen-bond acceptors (Lipinski definition) is 4. The molecular weight excluding hydrogens is 360 g/mol. The Balaban J connectivity index is 1.32. The van der Waals surface area contributed by atoms with Gasteiger partial charge in [0.1, 0.15) is 0 Å². The van der Waals surface area contributed by atoms with Crippen molar-refractivity contribution in [2.75, 3.05) is 6.79 Å². The van der Waals surface area contributed by atoms with Crippen LogP contribution in [0.2, 0.25) is 0 Å². The summed E-state index contributed by atoms with van der Waals surface area (Å²) in [5, 5.41) is 1.15. The molecule has 5 rings (SSSR count). The summed E-state index contributed by atoms with van der Waals surface area (Å²) in [5.74, 6) is 1.54. The first kappa shape index (κ1) is 17.2. The molecule has 1 aliphatic heterocycles. The van der Waals surface area contributed by atoms with Crippen LogP contribution in [-0.2, 0) is 0 Å². The minimum atomic E-state index is 0.278. The Morgan fingerprint density at radius 2 is 1.62 bits per heavy atom. The summed E-state index contributed by atoms with van der Waals surface area (Å²) >= 11 is 0. The van der Waals surface area contributed by atoms with E-state index in [1.807, 2.05) is 67.0 Å². The van der Waals surface area contributed by atoms with Gasteiger partial charge in [-0.05, 0) is 59.2 Å². The van der Waals surface area contributed by atoms with E-state index in [4.69, 9.17) is 9.47 Å². The maximum absolute atomic E-state index is 5.40. The van der Waals surface area contributed by atoms with Crippen LogP contribution in [-0.4, -0.2) is 18.0 Å². The summed E-state index contributed by atoms with van der Waals surface area (Å²) < 4.78 is 10.7. The lowest BCUT2D eigenvalue weighted by atomic mass is 10.1. The van der Waals surface area contributed by atoms with E-state index in [9.17, 15) is 0 Å². The van der Waals surface area contributed by atoms with Crippen molar-refractivity contribution in [1.29, 1.82) is 0 Å². The topological polar surface area (TPSA) is 43.7 Å². The fourth-order valence-electron chi connectivity index (χ4n) is 3.26. The average Bonchev–Trinajstić information content (AvgIpc) is 3.25. The zero-order valence-corrected chi connectivity index (χ0v) is 15.7. The van der Waals surface area contributed by atoms with E-state index < -0.39 is 0 Å². The van der Waals surface area contributed by atoms with Crippen LogP contribution < -0.4 is 9.47 Å². The molecule has 3 aromatic carbocycles. The molecule has 4 nitrogen and oxygen atoms in total. The van der Waals surface area contributed by atoms with E-state index in [1.54, 1.807) is 0 Å². The number of ether oxygens (including phenoxy) is 2. The Morgan fingerprint density at radius 3 is 2.55 bits per heavy atom. The van der Waals surface area contributed by atoms with Crippen LogP contribution in [0.5, 0.6) is 11.5 Å². The molecule has 0 aliphatic carbocycles. The third-order valence-electron chi connectivity index (χ3n) is 4.79. The summed E-state index contributed by atoms with van der Waals surface area (Å²) in [6.45, 7) is 0.278. The van der Waals surface area contributed by atoms with Crippen molar-refractivity contribution < 1.29 is 9.47 Å². The molecule has 0 spiro atoms. The fraction of sp³-hybridized carbons (Fsp3) is 0.0400. The number of aromatic nitrogens is 1. The first-order chi connectivity index (χ1) is 14.3. The van der Waals surface area contributed by atoms with Gasteiger partial charge in [0.25, 0.3) is 0 Å². The number of rotatable bonds is 4. The second-order valence-corrected chi connectivity index (χ2v) is 6.71. The zero-order valence-electron chi connectivity index (χ0n) is 15.7. The lowest BCUT2D eigenvalue weighted by molar-refractivity contribution is 0.174. The van der Waals surface area contributed by atoms with Crippen LogP contribution in [0.3, 0.4) is 0 Å². The van der Waals surface area contributed by atoms with Crippen molar-refractivity contribution in [2.24, 2.45) is 4.99 Å². The fourth-order valence-corrected chi connectivity index (χ4v) is 3.26. The van der Waals surface area contributed by atoms with Gasteiger partial charge in [0.05, 0.1) is 11.2 Å². The van der Waals surface area contributed by atoms with E-state index in [2.05, 4.69) is 40.3 Å². The van der Waals surface area contributed by atoms with Gasteiger partial charge in [-0.3, -0.25) is 9.98 Å². The SMILES string of the molecule is C(=Nc1ccc(/C=C/c2ccnc3ccccc23)cc1)c1ccc2c(c1)OCO2. The maximum Gasteiger partial charge on any atom is 0.231 e. The van der Waals surface area contributed by atoms with Gasteiger partial charge in [0.2, 0.25) is 6.79 Å². The highest BCUT2D eigenvalue weighted by molar-refractivity contribution is 5.90. The van der Waals surface area contributed by atoms with E-state index in [0.29, 0.717) is 0 Å². The molecule has 1 aromatic heterocycles. The van der Waals surface area contributed by atoms with E-state index in [-0.39, 0.29) is 6.79 Å². The normalized spacial score (nSPS) is 13.0. The maximum atomic E-state index is 5.40. The predicted octanol–water partition coefficient (Wildman–Crippen LogP) is 5.88. The van der Waals surface area contributed by atoms with Gasteiger partial charge in [-0.2, -0.15) is 0 Å². The average molecular weight is 378 g/mol. The summed E-state index contributed by atoms with van der Waals surface area (Å²) in [6.07, 6.45) is 7.90. The second kappa shape index (κ2) is 7.60. The number of aliphatic imine (C=N–C) groups is 1. The predicted molar refractivity (Wildman–Crippen MR) is 117 cm³/mol. The van der Waals surface area contributed by atoms with Crippen molar-refractivity contribution in [3.8, 4) is 11.5 Å². The lowest BCUT2D eigenvalue weighted by Crippen LogP contribution is -1.92. The molecule has 0 radical (unpaired) electrons. The summed E-state index contributed by atoms with van der Waals surface area (Å²) in [4.78, 5) is 8.96. The van der Waals surface area contributed by atoms with Gasteiger partial charge in [0, 0.05) is 17.8 Å². The van der Waals surface area contributed by atoms with Crippen molar-refractivity contribution >= 4 is 35.0 Å². The Bertz CT molecular complexity index is 1220. The number of nitrogens with zero attached hydrogens (tertiary/aromatic N) is 2. The zero-order chi connectivity index (χ0) is 19.5. The molecule has 0 amide bonds. The highest BCUT2D eigenvalue weighted by Crippen LogP contribution is 2.32. The van der Waals surface area contributed by atoms with Crippen LogP contribution in [0.1, 0.15) is 16.7 Å². The lowest BCUT2D eigenvalue weighted by Gasteiger charge is -2.01. The van der Waals surface area contributed by atoms with Crippen LogP contribution in [0.4, 0.5) is 5.69 Å². The van der Waals surface area contributed by atoms with Crippen LogP contribution in [0, 0.1) is 0 Å². The molecule has 0 atom stereocenters. The molecular formula is C25H18N2O2. The number of benzene rings is 3. The van der Waals surface area contributed by atoms with Gasteiger partial charge in [-0.15, -0.1) is 0 Å². The standard InChI is InChI=1S/C25H18N2O2/c1-2-4-23-22(3-1)20(13-14-26-23)9-5-18-6-10-21(11-7-18)27-16-19-8-12-24-25(15-19)29-17-28-24/h1-16H,17H2/b9-5+,27-16?. The number of pyridine rings is 1. The Labute approximate surface area is 168 Å². The van der Waals surface area contributed by atoms with Crippen molar-refractivity contribution in [1.82, 2.24) is 4.98 Å². The first-order valence-electron chi connectivity index (χ1n) is 9.41. The van der Waals surface area contributed by atoms with Crippen LogP contribution in [0.15, 0.2) is 84.0 Å². The first-order valence-corrected chi connectivity index (χ1v) is 9.41. The third-order valence-corrected chi connectivity index (χ3v) is 4.79. The van der Waals surface area contributed by atoms with Gasteiger partial charge in [-0.1, -0.05) is 42.5 Å². The minimum Gasteiger partial charge on any atom is -0.454 e. The van der Waals surface area contributed by atoms with Gasteiger partial charge in [0.15, 0.2) is 11.5 Å². The molecule has 2 heterocycles. The van der Waals surface area contributed by atoms with Gasteiger partial charge < -0.3 is 9.47 Å². The van der Waals surface area contributed by atoms with Crippen molar-refractivity contribution in [3.63, 3.8) is 0 Å². The largest absolute Gasteiger partial charge is 0.454 e. The molecule has 0 saturated carbocycles. The Morgan fingerprint density at radius 1 is 0.793 bits per heavy atom. The van der Waals surface area contributed by atoms with E-state index >= 15 is 0 Å². The molecule has 0 saturated heterocycles. The van der Waals surface area contributed by atoms with Crippen LogP contribution in [0.25, 0.3) is 23.1 Å². The highest BCUT2D eigenvalue weighted by Gasteiger charge is 2.12. The number of para-hydroxylation sites is 1. The molecule has 0 N–H and O–H groups in total. The molecule has 0 unspecified atom stereocenters. The molecule has 0 fully saturated rings. The Kier molecular flexibility index (Phi) is 4.51. The molecule has 0 bridgehead atoms. The monoisotopic (exact) mass is 378 g/mol. The van der Waals surface area contributed by atoms with Crippen molar-refractivity contribution in [2.45, 2.75) is 0 Å². The molecule has 29 heavy (non-hydrogen) atoms. The van der Waals surface area contributed by atoms with Gasteiger partial charge in [-0.25, -0.2) is 0 Å². The molecule has 4 heteroatoms. The number of hydrogen-bond donors (Lipinski definition) is 0. The molecule has 140 valence electrons. The van der Waals surface area contributed by atoms with Crippen LogP contribution >= 0.6 is 0 Å². The smallest absolute Gasteiger partial charge is 0.231 e. The molecule has 1 aliphatic rings. The molecule has 4 aromatic rings. The Hall–Kier alpha value is -3.92. The van der Waals surface area contributed by atoms with E-state index in [0.717, 1.165) is 44.8 Å². The summed E-state index contributed by atoms with van der Waals surface area (Å²) in [6, 6.07) is 24.1. The number of fused-ring (bicyclic) bond motifs is 2. The third kappa shape index (κ3) is 3.73. The second-order valence-electron chi connectivity index (χ2n) is 6.71. The highest BCUT2D eigenvalue weighted by atomic mass is 16.7.